The number of carbonyl (C=O) groups excluding carboxylic acids is 1. The van der Waals surface area contributed by atoms with Gasteiger partial charge in [-0.25, -0.2) is 4.68 Å². The molecule has 2 heterocycles. The summed E-state index contributed by atoms with van der Waals surface area (Å²) < 4.78 is 1.42. The van der Waals surface area contributed by atoms with Crippen molar-refractivity contribution >= 4 is 22.4 Å². The average Bonchev–Trinajstić information content (AvgIpc) is 2.80. The maximum absolute atomic E-state index is 12.9. The van der Waals surface area contributed by atoms with Crippen molar-refractivity contribution in [3.05, 3.63) is 100 Å². The molecule has 2 aromatic heterocycles. The smallest absolute Gasteiger partial charge is 0.274 e. The molecule has 0 aliphatic heterocycles. The van der Waals surface area contributed by atoms with E-state index in [9.17, 15) is 9.59 Å². The van der Waals surface area contributed by atoms with Gasteiger partial charge >= 0.3 is 0 Å². The van der Waals surface area contributed by atoms with Crippen LogP contribution in [0.4, 0.5) is 5.69 Å². The molecule has 1 amide bonds. The molecule has 0 saturated carbocycles. The van der Waals surface area contributed by atoms with Gasteiger partial charge in [0.1, 0.15) is 0 Å². The molecule has 0 saturated heterocycles. The molecule has 2 aromatic carbocycles. The van der Waals surface area contributed by atoms with E-state index in [1.54, 1.807) is 30.6 Å². The van der Waals surface area contributed by atoms with Crippen LogP contribution in [0.15, 0.2) is 77.9 Å². The summed E-state index contributed by atoms with van der Waals surface area (Å²) in [4.78, 5) is 31.6. The molecule has 0 unspecified atom stereocenters. The monoisotopic (exact) mass is 413 g/mol. The highest BCUT2D eigenvalue weighted by atomic mass is 16.1. The minimum absolute atomic E-state index is 0.172. The Morgan fingerprint density at radius 1 is 1.00 bits per heavy atom. The number of nitrogens with zero attached hydrogens (tertiary/aromatic N) is 4. The lowest BCUT2D eigenvalue weighted by atomic mass is 10.1. The van der Waals surface area contributed by atoms with Crippen molar-refractivity contribution in [2.45, 2.75) is 13.1 Å². The van der Waals surface area contributed by atoms with Crippen molar-refractivity contribution in [2.75, 3.05) is 19.0 Å². The van der Waals surface area contributed by atoms with Crippen LogP contribution < -0.4 is 15.8 Å². The van der Waals surface area contributed by atoms with E-state index in [1.807, 2.05) is 61.5 Å². The minimum Gasteiger partial charge on any atom is -0.378 e. The van der Waals surface area contributed by atoms with Crippen molar-refractivity contribution in [1.29, 1.82) is 0 Å². The van der Waals surface area contributed by atoms with Gasteiger partial charge in [-0.3, -0.25) is 14.6 Å². The molecule has 1 N–H and O–H groups in total. The second-order valence-corrected chi connectivity index (χ2v) is 7.44. The molecule has 0 bridgehead atoms. The standard InChI is InChI=1S/C24H23N5O2/c1-28(2)19-11-9-18(10-12-19)23(30)26-15-22-20-7-3-4-8-21(20)24(31)29(27-22)16-17-6-5-13-25-14-17/h3-14H,15-16H2,1-2H3,(H,26,30). The number of amides is 1. The largest absolute Gasteiger partial charge is 0.378 e. The van der Waals surface area contributed by atoms with Gasteiger partial charge in [0.15, 0.2) is 0 Å². The third kappa shape index (κ3) is 4.45. The Balaban J connectivity index is 1.61. The van der Waals surface area contributed by atoms with Gasteiger partial charge in [-0.15, -0.1) is 0 Å². The van der Waals surface area contributed by atoms with Crippen LogP contribution in [0.3, 0.4) is 0 Å². The normalized spacial score (nSPS) is 10.8. The molecule has 0 fully saturated rings. The molecule has 0 spiro atoms. The first-order valence-corrected chi connectivity index (χ1v) is 9.96. The lowest BCUT2D eigenvalue weighted by molar-refractivity contribution is 0.0950. The Labute approximate surface area is 180 Å². The Kier molecular flexibility index (Phi) is 5.75. The lowest BCUT2D eigenvalue weighted by Crippen LogP contribution is -2.29. The molecule has 0 aliphatic rings. The van der Waals surface area contributed by atoms with Crippen LogP contribution >= 0.6 is 0 Å². The Bertz CT molecular complexity index is 1260. The number of hydrogen-bond donors (Lipinski definition) is 1. The van der Waals surface area contributed by atoms with Crippen molar-refractivity contribution < 1.29 is 4.79 Å². The fourth-order valence-electron chi connectivity index (χ4n) is 3.38. The number of aromatic nitrogens is 3. The highest BCUT2D eigenvalue weighted by molar-refractivity contribution is 5.94. The third-order valence-corrected chi connectivity index (χ3v) is 5.06. The molecule has 156 valence electrons. The molecular weight excluding hydrogens is 390 g/mol. The summed E-state index contributed by atoms with van der Waals surface area (Å²) in [6.07, 6.45) is 3.40. The number of rotatable bonds is 6. The summed E-state index contributed by atoms with van der Waals surface area (Å²) in [7, 11) is 3.90. The van der Waals surface area contributed by atoms with E-state index in [4.69, 9.17) is 0 Å². The molecule has 0 aliphatic carbocycles. The van der Waals surface area contributed by atoms with E-state index in [0.717, 1.165) is 16.6 Å². The highest BCUT2D eigenvalue weighted by Crippen LogP contribution is 2.15. The lowest BCUT2D eigenvalue weighted by Gasteiger charge is -2.13. The van der Waals surface area contributed by atoms with Crippen LogP contribution in [0.25, 0.3) is 10.8 Å². The van der Waals surface area contributed by atoms with Gasteiger partial charge < -0.3 is 10.2 Å². The first-order valence-electron chi connectivity index (χ1n) is 9.96. The number of anilines is 1. The first kappa shape index (κ1) is 20.3. The number of nitrogens with one attached hydrogen (secondary N) is 1. The van der Waals surface area contributed by atoms with Gasteiger partial charge in [0.05, 0.1) is 24.2 Å². The summed E-state index contributed by atoms with van der Waals surface area (Å²) in [5.41, 5.74) is 2.93. The summed E-state index contributed by atoms with van der Waals surface area (Å²) in [5.74, 6) is -0.193. The number of fused-ring (bicyclic) bond motifs is 1. The Hall–Kier alpha value is -4.00. The fourth-order valence-corrected chi connectivity index (χ4v) is 3.38. The quantitative estimate of drug-likeness (QED) is 0.526. The molecule has 0 radical (unpaired) electrons. The number of hydrogen-bond acceptors (Lipinski definition) is 5. The number of pyridine rings is 1. The topological polar surface area (TPSA) is 80.1 Å². The molecule has 7 heteroatoms. The van der Waals surface area contributed by atoms with Crippen LogP contribution in [0.1, 0.15) is 21.6 Å². The van der Waals surface area contributed by atoms with Crippen LogP contribution in [0, 0.1) is 0 Å². The molecule has 0 atom stereocenters. The summed E-state index contributed by atoms with van der Waals surface area (Å²) in [6, 6.07) is 18.4. The first-order chi connectivity index (χ1) is 15.0. The predicted octanol–water partition coefficient (Wildman–Crippen LogP) is 2.84. The van der Waals surface area contributed by atoms with Gasteiger partial charge in [0, 0.05) is 43.1 Å². The minimum atomic E-state index is -0.193. The Morgan fingerprint density at radius 2 is 1.74 bits per heavy atom. The van der Waals surface area contributed by atoms with E-state index in [-0.39, 0.29) is 18.0 Å². The van der Waals surface area contributed by atoms with E-state index >= 15 is 0 Å². The molecule has 4 aromatic rings. The zero-order valence-electron chi connectivity index (χ0n) is 17.4. The summed E-state index contributed by atoms with van der Waals surface area (Å²) in [6.45, 7) is 0.520. The van der Waals surface area contributed by atoms with Crippen molar-refractivity contribution in [3.63, 3.8) is 0 Å². The fraction of sp³-hybridized carbons (Fsp3) is 0.167. The van der Waals surface area contributed by atoms with Gasteiger partial charge in [-0.2, -0.15) is 5.10 Å². The number of benzene rings is 2. The average molecular weight is 413 g/mol. The predicted molar refractivity (Wildman–Crippen MR) is 121 cm³/mol. The van der Waals surface area contributed by atoms with Crippen LogP contribution in [0.5, 0.6) is 0 Å². The van der Waals surface area contributed by atoms with Crippen molar-refractivity contribution in [3.8, 4) is 0 Å². The maximum atomic E-state index is 12.9. The molecule has 4 rings (SSSR count). The Morgan fingerprint density at radius 3 is 2.42 bits per heavy atom. The van der Waals surface area contributed by atoms with Gasteiger partial charge in [-0.1, -0.05) is 24.3 Å². The van der Waals surface area contributed by atoms with E-state index in [1.165, 1.54) is 4.68 Å². The van der Waals surface area contributed by atoms with E-state index < -0.39 is 0 Å². The molecule has 7 nitrogen and oxygen atoms in total. The van der Waals surface area contributed by atoms with Gasteiger partial charge in [-0.05, 0) is 42.0 Å². The second kappa shape index (κ2) is 8.79. The van der Waals surface area contributed by atoms with Crippen LogP contribution in [-0.2, 0) is 13.1 Å². The SMILES string of the molecule is CN(C)c1ccc(C(=O)NCc2nn(Cc3cccnc3)c(=O)c3ccccc23)cc1. The van der Waals surface area contributed by atoms with Crippen LogP contribution in [0.2, 0.25) is 0 Å². The highest BCUT2D eigenvalue weighted by Gasteiger charge is 2.13. The zero-order chi connectivity index (χ0) is 21.8. The second-order valence-electron chi connectivity index (χ2n) is 7.44. The maximum Gasteiger partial charge on any atom is 0.274 e. The number of carbonyl (C=O) groups is 1. The van der Waals surface area contributed by atoms with E-state index in [0.29, 0.717) is 23.2 Å². The zero-order valence-corrected chi connectivity index (χ0v) is 17.4. The van der Waals surface area contributed by atoms with Crippen molar-refractivity contribution in [1.82, 2.24) is 20.1 Å². The van der Waals surface area contributed by atoms with Gasteiger partial charge in [0.25, 0.3) is 11.5 Å². The third-order valence-electron chi connectivity index (χ3n) is 5.06. The summed E-state index contributed by atoms with van der Waals surface area (Å²) in [5, 5.41) is 8.78. The van der Waals surface area contributed by atoms with Gasteiger partial charge in [0.2, 0.25) is 0 Å². The molecular formula is C24H23N5O2. The summed E-state index contributed by atoms with van der Waals surface area (Å²) >= 11 is 0. The van der Waals surface area contributed by atoms with E-state index in [2.05, 4.69) is 15.4 Å². The molecule has 31 heavy (non-hydrogen) atoms. The van der Waals surface area contributed by atoms with Crippen LogP contribution in [-0.4, -0.2) is 34.8 Å². The van der Waals surface area contributed by atoms with Crippen molar-refractivity contribution in [2.24, 2.45) is 0 Å².